The van der Waals surface area contributed by atoms with Crippen LogP contribution in [0.15, 0.2) is 18.2 Å². The number of benzene rings is 1. The second kappa shape index (κ2) is 7.93. The lowest BCUT2D eigenvalue weighted by molar-refractivity contribution is 0.217. The van der Waals surface area contributed by atoms with Crippen molar-refractivity contribution in [1.29, 1.82) is 0 Å². The van der Waals surface area contributed by atoms with Crippen LogP contribution in [0.2, 0.25) is 0 Å². The van der Waals surface area contributed by atoms with E-state index in [1.807, 2.05) is 0 Å². The van der Waals surface area contributed by atoms with E-state index in [1.54, 1.807) is 0 Å². The Kier molecular flexibility index (Phi) is 5.95. The van der Waals surface area contributed by atoms with Crippen LogP contribution < -0.4 is 0 Å². The minimum absolute atomic E-state index is 1.14. The van der Waals surface area contributed by atoms with Gasteiger partial charge in [0.1, 0.15) is 0 Å². The molecule has 0 aliphatic carbocycles. The number of nitrogens with zero attached hydrogens (tertiary/aromatic N) is 2. The summed E-state index contributed by atoms with van der Waals surface area (Å²) in [5.74, 6) is 0. The molecule has 0 saturated carbocycles. The summed E-state index contributed by atoms with van der Waals surface area (Å²) in [4.78, 5) is 5.25. The fourth-order valence-corrected chi connectivity index (χ4v) is 4.09. The van der Waals surface area contributed by atoms with Crippen molar-refractivity contribution in [2.45, 2.75) is 51.6 Å². The van der Waals surface area contributed by atoms with Gasteiger partial charge in [0.15, 0.2) is 0 Å². The van der Waals surface area contributed by atoms with Gasteiger partial charge in [0.05, 0.1) is 0 Å². The molecule has 3 heteroatoms. The Balaban J connectivity index is 1.63. The highest BCUT2D eigenvalue weighted by atomic mass is 127. The van der Waals surface area contributed by atoms with E-state index in [1.165, 1.54) is 79.4 Å². The van der Waals surface area contributed by atoms with Crippen molar-refractivity contribution in [2.75, 3.05) is 26.2 Å². The highest BCUT2D eigenvalue weighted by Crippen LogP contribution is 2.21. The zero-order valence-corrected chi connectivity index (χ0v) is 15.1. The fraction of sp³-hybridized carbons (Fsp3) is 0.667. The summed E-state index contributed by atoms with van der Waals surface area (Å²) >= 11 is 2.50. The molecule has 0 spiro atoms. The molecule has 2 fully saturated rings. The summed E-state index contributed by atoms with van der Waals surface area (Å²) < 4.78 is 1.43. The Morgan fingerprint density at radius 1 is 0.762 bits per heavy atom. The van der Waals surface area contributed by atoms with Crippen LogP contribution in [0.3, 0.4) is 0 Å². The normalized spacial score (nSPS) is 21.6. The maximum Gasteiger partial charge on any atom is 0.0244 e. The highest BCUT2D eigenvalue weighted by molar-refractivity contribution is 14.1. The highest BCUT2D eigenvalue weighted by Gasteiger charge is 2.14. The quantitative estimate of drug-likeness (QED) is 0.700. The Labute approximate surface area is 143 Å². The second-order valence-corrected chi connectivity index (χ2v) is 7.76. The number of likely N-dealkylation sites (tertiary alicyclic amines) is 2. The van der Waals surface area contributed by atoms with Crippen LogP contribution in [-0.4, -0.2) is 36.0 Å². The molecule has 1 aromatic carbocycles. The molecule has 2 aliphatic rings. The molecular weight excluding hydrogens is 371 g/mol. The molecule has 2 nitrogen and oxygen atoms in total. The Bertz CT molecular complexity index is 449. The zero-order valence-electron chi connectivity index (χ0n) is 13.0. The first-order valence-electron chi connectivity index (χ1n) is 8.53. The van der Waals surface area contributed by atoms with Crippen LogP contribution >= 0.6 is 22.6 Å². The molecule has 2 heterocycles. The number of piperidine rings is 2. The van der Waals surface area contributed by atoms with Crippen LogP contribution in [0.25, 0.3) is 0 Å². The predicted molar refractivity (Wildman–Crippen MR) is 97.4 cm³/mol. The third-order valence-corrected chi connectivity index (χ3v) is 5.86. The van der Waals surface area contributed by atoms with Crippen molar-refractivity contribution < 1.29 is 0 Å². The summed E-state index contributed by atoms with van der Waals surface area (Å²) in [5.41, 5.74) is 3.04. The van der Waals surface area contributed by atoms with Crippen LogP contribution in [-0.2, 0) is 13.1 Å². The number of hydrogen-bond donors (Lipinski definition) is 0. The van der Waals surface area contributed by atoms with Crippen molar-refractivity contribution in [3.05, 3.63) is 32.9 Å². The van der Waals surface area contributed by atoms with Gasteiger partial charge in [0.25, 0.3) is 0 Å². The molecule has 0 bridgehead atoms. The van der Waals surface area contributed by atoms with Crippen LogP contribution in [0.5, 0.6) is 0 Å². The van der Waals surface area contributed by atoms with E-state index in [4.69, 9.17) is 0 Å². The maximum absolute atomic E-state index is 2.63. The Morgan fingerprint density at radius 3 is 1.95 bits per heavy atom. The van der Waals surface area contributed by atoms with Crippen molar-refractivity contribution in [2.24, 2.45) is 0 Å². The van der Waals surface area contributed by atoms with Crippen molar-refractivity contribution in [3.8, 4) is 0 Å². The van der Waals surface area contributed by atoms with Gasteiger partial charge in [0.2, 0.25) is 0 Å². The molecule has 1 aromatic rings. The summed E-state index contributed by atoms with van der Waals surface area (Å²) in [6.07, 6.45) is 8.36. The molecule has 0 amide bonds. The van der Waals surface area contributed by atoms with Crippen molar-refractivity contribution in [3.63, 3.8) is 0 Å². The molecule has 2 aliphatic heterocycles. The molecule has 3 rings (SSSR count). The van der Waals surface area contributed by atoms with Crippen molar-refractivity contribution >= 4 is 22.6 Å². The number of halogens is 1. The predicted octanol–water partition coefficient (Wildman–Crippen LogP) is 4.26. The molecule has 2 saturated heterocycles. The average molecular weight is 398 g/mol. The minimum atomic E-state index is 1.14. The summed E-state index contributed by atoms with van der Waals surface area (Å²) in [7, 11) is 0. The van der Waals surface area contributed by atoms with Crippen LogP contribution in [0, 0.1) is 3.57 Å². The molecule has 0 unspecified atom stereocenters. The first kappa shape index (κ1) is 15.8. The third-order valence-electron chi connectivity index (χ3n) is 4.81. The number of hydrogen-bond acceptors (Lipinski definition) is 2. The van der Waals surface area contributed by atoms with E-state index < -0.39 is 0 Å². The van der Waals surface area contributed by atoms with Gasteiger partial charge < -0.3 is 0 Å². The van der Waals surface area contributed by atoms with E-state index in [-0.39, 0.29) is 0 Å². The molecule has 116 valence electrons. The van der Waals surface area contributed by atoms with Gasteiger partial charge in [0, 0.05) is 16.7 Å². The lowest BCUT2D eigenvalue weighted by Gasteiger charge is -2.28. The van der Waals surface area contributed by atoms with E-state index >= 15 is 0 Å². The lowest BCUT2D eigenvalue weighted by Crippen LogP contribution is -2.30. The monoisotopic (exact) mass is 398 g/mol. The third kappa shape index (κ3) is 4.67. The molecule has 21 heavy (non-hydrogen) atoms. The molecule has 0 N–H and O–H groups in total. The fourth-order valence-electron chi connectivity index (χ4n) is 3.58. The van der Waals surface area contributed by atoms with E-state index in [2.05, 4.69) is 50.6 Å². The van der Waals surface area contributed by atoms with E-state index in [9.17, 15) is 0 Å². The van der Waals surface area contributed by atoms with E-state index in [0.717, 1.165) is 13.1 Å². The van der Waals surface area contributed by atoms with Gasteiger partial charge in [-0.1, -0.05) is 25.0 Å². The molecule has 0 aromatic heterocycles. The van der Waals surface area contributed by atoms with Crippen molar-refractivity contribution in [1.82, 2.24) is 9.80 Å². The molecular formula is C18H27IN2. The molecule has 0 atom stereocenters. The molecule has 0 radical (unpaired) electrons. The van der Waals surface area contributed by atoms with E-state index in [0.29, 0.717) is 0 Å². The second-order valence-electron chi connectivity index (χ2n) is 6.60. The summed E-state index contributed by atoms with van der Waals surface area (Å²) in [6.45, 7) is 7.43. The lowest BCUT2D eigenvalue weighted by atomic mass is 10.1. The van der Waals surface area contributed by atoms with Gasteiger partial charge in [-0.15, -0.1) is 0 Å². The Hall–Kier alpha value is -0.130. The van der Waals surface area contributed by atoms with Gasteiger partial charge in [-0.2, -0.15) is 0 Å². The Morgan fingerprint density at radius 2 is 1.33 bits per heavy atom. The average Bonchev–Trinajstić information content (AvgIpc) is 2.53. The zero-order chi connectivity index (χ0) is 14.5. The largest absolute Gasteiger partial charge is 0.299 e. The van der Waals surface area contributed by atoms with Gasteiger partial charge in [-0.3, -0.25) is 9.80 Å². The summed E-state index contributed by atoms with van der Waals surface area (Å²) in [6, 6.07) is 7.11. The topological polar surface area (TPSA) is 6.48 Å². The van der Waals surface area contributed by atoms with Gasteiger partial charge in [-0.25, -0.2) is 0 Å². The maximum atomic E-state index is 2.63. The number of rotatable bonds is 4. The standard InChI is InChI=1S/C18H27IN2/c19-18-8-7-16(14-20-9-3-1-4-10-20)13-17(18)15-21-11-5-2-6-12-21/h7-8,13H,1-6,9-12,14-15H2. The first-order chi connectivity index (χ1) is 10.3. The van der Waals surface area contributed by atoms with Crippen LogP contribution in [0.4, 0.5) is 0 Å². The van der Waals surface area contributed by atoms with Gasteiger partial charge >= 0.3 is 0 Å². The summed E-state index contributed by atoms with van der Waals surface area (Å²) in [5, 5.41) is 0. The smallest absolute Gasteiger partial charge is 0.0244 e. The van der Waals surface area contributed by atoms with Crippen LogP contribution in [0.1, 0.15) is 49.7 Å². The van der Waals surface area contributed by atoms with Gasteiger partial charge in [-0.05, 0) is 91.6 Å². The minimum Gasteiger partial charge on any atom is -0.299 e. The first-order valence-corrected chi connectivity index (χ1v) is 9.61. The SMILES string of the molecule is Ic1ccc(CN2CCCCC2)cc1CN1CCCCC1.